The Morgan fingerprint density at radius 3 is 2.86 bits per heavy atom. The maximum Gasteiger partial charge on any atom is 0.221 e. The average Bonchev–Trinajstić information content (AvgIpc) is 2.82. The van der Waals surface area contributed by atoms with E-state index >= 15 is 0 Å². The highest BCUT2D eigenvalue weighted by Crippen LogP contribution is 2.23. The third kappa shape index (κ3) is 2.66. The fourth-order valence-corrected chi connectivity index (χ4v) is 2.08. The molecule has 2 aromatic heterocycles. The number of rotatable bonds is 3. The molecule has 0 bridgehead atoms. The van der Waals surface area contributed by atoms with E-state index in [1.807, 2.05) is 31.3 Å². The summed E-state index contributed by atoms with van der Waals surface area (Å²) in [7, 11) is 1.83. The lowest BCUT2D eigenvalue weighted by atomic mass is 10.2. The lowest BCUT2D eigenvalue weighted by Gasteiger charge is -2.08. The van der Waals surface area contributed by atoms with Crippen LogP contribution in [0.15, 0.2) is 36.8 Å². The van der Waals surface area contributed by atoms with Crippen LogP contribution in [0.5, 0.6) is 0 Å². The molecule has 0 atom stereocenters. The van der Waals surface area contributed by atoms with Crippen molar-refractivity contribution in [2.75, 3.05) is 10.6 Å². The van der Waals surface area contributed by atoms with Crippen LogP contribution in [0.4, 0.5) is 17.2 Å². The van der Waals surface area contributed by atoms with Crippen molar-refractivity contribution >= 4 is 34.1 Å². The van der Waals surface area contributed by atoms with Gasteiger partial charge in [0.15, 0.2) is 5.65 Å². The van der Waals surface area contributed by atoms with Gasteiger partial charge in [-0.05, 0) is 18.2 Å². The van der Waals surface area contributed by atoms with E-state index in [2.05, 4.69) is 25.7 Å². The van der Waals surface area contributed by atoms with Crippen molar-refractivity contribution in [3.63, 3.8) is 0 Å². The van der Waals surface area contributed by atoms with Crippen LogP contribution in [0, 0.1) is 0 Å². The molecule has 2 N–H and O–H groups in total. The SMILES string of the molecule is CC(=O)Nc1cccc(Nc2ncnc3c2cnn3C)c1. The molecule has 0 fully saturated rings. The Kier molecular flexibility index (Phi) is 3.23. The van der Waals surface area contributed by atoms with Crippen LogP contribution in [0.1, 0.15) is 6.92 Å². The molecule has 1 amide bonds. The average molecular weight is 282 g/mol. The predicted octanol–water partition coefficient (Wildman–Crippen LogP) is 2.07. The summed E-state index contributed by atoms with van der Waals surface area (Å²) in [5.41, 5.74) is 2.31. The number of fused-ring (bicyclic) bond motifs is 1. The van der Waals surface area contributed by atoms with Gasteiger partial charge in [-0.3, -0.25) is 9.48 Å². The molecule has 0 saturated heterocycles. The van der Waals surface area contributed by atoms with Gasteiger partial charge in [0.25, 0.3) is 0 Å². The van der Waals surface area contributed by atoms with Gasteiger partial charge < -0.3 is 10.6 Å². The first-order valence-electron chi connectivity index (χ1n) is 6.41. The van der Waals surface area contributed by atoms with Gasteiger partial charge in [-0.25, -0.2) is 9.97 Å². The van der Waals surface area contributed by atoms with Gasteiger partial charge in [0, 0.05) is 25.3 Å². The largest absolute Gasteiger partial charge is 0.339 e. The van der Waals surface area contributed by atoms with Crippen molar-refractivity contribution < 1.29 is 4.79 Å². The molecule has 2 heterocycles. The number of amides is 1. The number of hydrogen-bond acceptors (Lipinski definition) is 5. The van der Waals surface area contributed by atoms with Crippen molar-refractivity contribution in [2.45, 2.75) is 6.92 Å². The summed E-state index contributed by atoms with van der Waals surface area (Å²) < 4.78 is 1.69. The fourth-order valence-electron chi connectivity index (χ4n) is 2.08. The lowest BCUT2D eigenvalue weighted by Crippen LogP contribution is -2.05. The Hall–Kier alpha value is -2.96. The molecule has 106 valence electrons. The number of aromatic nitrogens is 4. The van der Waals surface area contributed by atoms with E-state index in [0.29, 0.717) is 5.82 Å². The molecule has 0 saturated carbocycles. The van der Waals surface area contributed by atoms with Gasteiger partial charge in [0.1, 0.15) is 12.1 Å². The Balaban J connectivity index is 1.93. The van der Waals surface area contributed by atoms with Gasteiger partial charge in [-0.15, -0.1) is 0 Å². The minimum Gasteiger partial charge on any atom is -0.339 e. The van der Waals surface area contributed by atoms with Crippen LogP contribution in [-0.2, 0) is 11.8 Å². The van der Waals surface area contributed by atoms with Gasteiger partial charge in [-0.2, -0.15) is 5.10 Å². The number of aryl methyl sites for hydroxylation is 1. The molecule has 7 nitrogen and oxygen atoms in total. The molecule has 0 aliphatic carbocycles. The molecule has 3 aromatic rings. The first-order chi connectivity index (χ1) is 10.1. The third-order valence-corrected chi connectivity index (χ3v) is 2.98. The molecule has 0 radical (unpaired) electrons. The van der Waals surface area contributed by atoms with E-state index in [-0.39, 0.29) is 5.91 Å². The van der Waals surface area contributed by atoms with Crippen molar-refractivity contribution in [2.24, 2.45) is 7.05 Å². The van der Waals surface area contributed by atoms with E-state index < -0.39 is 0 Å². The lowest BCUT2D eigenvalue weighted by molar-refractivity contribution is -0.114. The molecule has 21 heavy (non-hydrogen) atoms. The van der Waals surface area contributed by atoms with E-state index in [1.54, 1.807) is 10.9 Å². The Labute approximate surface area is 121 Å². The summed E-state index contributed by atoms with van der Waals surface area (Å²) in [6, 6.07) is 7.42. The van der Waals surface area contributed by atoms with Crippen LogP contribution in [0.2, 0.25) is 0 Å². The van der Waals surface area contributed by atoms with Gasteiger partial charge in [0.2, 0.25) is 5.91 Å². The normalized spacial score (nSPS) is 10.6. The van der Waals surface area contributed by atoms with Crippen molar-refractivity contribution in [1.29, 1.82) is 0 Å². The topological polar surface area (TPSA) is 84.7 Å². The molecule has 1 aromatic carbocycles. The highest BCUT2D eigenvalue weighted by atomic mass is 16.1. The second-order valence-corrected chi connectivity index (χ2v) is 4.61. The number of anilines is 3. The van der Waals surface area contributed by atoms with E-state index in [0.717, 1.165) is 22.4 Å². The van der Waals surface area contributed by atoms with E-state index in [1.165, 1.54) is 13.3 Å². The minimum atomic E-state index is -0.108. The number of benzene rings is 1. The monoisotopic (exact) mass is 282 g/mol. The predicted molar refractivity (Wildman–Crippen MR) is 80.3 cm³/mol. The molecule has 3 rings (SSSR count). The Bertz CT molecular complexity index is 810. The summed E-state index contributed by atoms with van der Waals surface area (Å²) in [6.45, 7) is 1.48. The van der Waals surface area contributed by atoms with Crippen LogP contribution < -0.4 is 10.6 Å². The van der Waals surface area contributed by atoms with E-state index in [9.17, 15) is 4.79 Å². The summed E-state index contributed by atoms with van der Waals surface area (Å²) in [6.07, 6.45) is 3.21. The van der Waals surface area contributed by atoms with Crippen LogP contribution in [0.3, 0.4) is 0 Å². The molecule has 0 unspecified atom stereocenters. The summed E-state index contributed by atoms with van der Waals surface area (Å²) in [5.74, 6) is 0.567. The highest BCUT2D eigenvalue weighted by Gasteiger charge is 2.08. The summed E-state index contributed by atoms with van der Waals surface area (Å²) in [4.78, 5) is 19.5. The second kappa shape index (κ2) is 5.20. The number of carbonyl (C=O) groups excluding carboxylic acids is 1. The van der Waals surface area contributed by atoms with Gasteiger partial charge in [-0.1, -0.05) is 6.07 Å². The first-order valence-corrected chi connectivity index (χ1v) is 6.41. The Morgan fingerprint density at radius 1 is 1.24 bits per heavy atom. The van der Waals surface area contributed by atoms with Crippen LogP contribution in [0.25, 0.3) is 11.0 Å². The quantitative estimate of drug-likeness (QED) is 0.768. The van der Waals surface area contributed by atoms with Crippen molar-refractivity contribution in [1.82, 2.24) is 19.7 Å². The zero-order valence-corrected chi connectivity index (χ0v) is 11.7. The molecule has 7 heteroatoms. The molecule has 0 aliphatic rings. The highest BCUT2D eigenvalue weighted by molar-refractivity contribution is 5.91. The molecule has 0 aliphatic heterocycles. The zero-order chi connectivity index (χ0) is 14.8. The fraction of sp³-hybridized carbons (Fsp3) is 0.143. The van der Waals surface area contributed by atoms with Crippen molar-refractivity contribution in [3.05, 3.63) is 36.8 Å². The zero-order valence-electron chi connectivity index (χ0n) is 11.7. The summed E-state index contributed by atoms with van der Waals surface area (Å²) in [5, 5.41) is 11.0. The van der Waals surface area contributed by atoms with Crippen LogP contribution in [-0.4, -0.2) is 25.7 Å². The number of nitrogens with zero attached hydrogens (tertiary/aromatic N) is 4. The summed E-state index contributed by atoms with van der Waals surface area (Å²) >= 11 is 0. The van der Waals surface area contributed by atoms with Crippen LogP contribution >= 0.6 is 0 Å². The number of nitrogens with one attached hydrogen (secondary N) is 2. The van der Waals surface area contributed by atoms with Gasteiger partial charge >= 0.3 is 0 Å². The maximum atomic E-state index is 11.1. The third-order valence-electron chi connectivity index (χ3n) is 2.98. The smallest absolute Gasteiger partial charge is 0.221 e. The number of carbonyl (C=O) groups is 1. The number of hydrogen-bond donors (Lipinski definition) is 2. The van der Waals surface area contributed by atoms with Crippen molar-refractivity contribution in [3.8, 4) is 0 Å². The van der Waals surface area contributed by atoms with E-state index in [4.69, 9.17) is 0 Å². The first kappa shape index (κ1) is 13.0. The Morgan fingerprint density at radius 2 is 2.05 bits per heavy atom. The molecular weight excluding hydrogens is 268 g/mol. The minimum absolute atomic E-state index is 0.108. The maximum absolute atomic E-state index is 11.1. The second-order valence-electron chi connectivity index (χ2n) is 4.61. The van der Waals surface area contributed by atoms with Gasteiger partial charge in [0.05, 0.1) is 11.6 Å². The standard InChI is InChI=1S/C14H14N6O/c1-9(21)18-10-4-3-5-11(6-10)19-13-12-7-17-20(2)14(12)16-8-15-13/h3-8H,1-2H3,(H,18,21)(H,15,16,19). The molecular formula is C14H14N6O. The molecule has 0 spiro atoms.